The number of carbonyl (C=O) groups is 2. The van der Waals surface area contributed by atoms with Gasteiger partial charge in [0.1, 0.15) is 11.5 Å². The maximum Gasteiger partial charge on any atom is 0.303 e. The van der Waals surface area contributed by atoms with E-state index in [2.05, 4.69) is 0 Å². The first-order chi connectivity index (χ1) is 15.6. The van der Waals surface area contributed by atoms with Crippen molar-refractivity contribution in [2.24, 2.45) is 5.41 Å². The largest absolute Gasteiger partial charge is 0.507 e. The van der Waals surface area contributed by atoms with Gasteiger partial charge in [-0.3, -0.25) is 9.59 Å². The number of aromatic hydroxyl groups is 1. The number of aliphatic carboxylic acids is 1. The van der Waals surface area contributed by atoms with E-state index in [4.69, 9.17) is 9.84 Å². The molecular formula is C26H34O6S. The van der Waals surface area contributed by atoms with Crippen molar-refractivity contribution < 1.29 is 29.6 Å². The number of rotatable bonds is 13. The molecule has 33 heavy (non-hydrogen) atoms. The van der Waals surface area contributed by atoms with Crippen LogP contribution in [0, 0.1) is 5.41 Å². The van der Waals surface area contributed by atoms with Crippen molar-refractivity contribution in [1.29, 1.82) is 0 Å². The maximum atomic E-state index is 11.7. The van der Waals surface area contributed by atoms with Gasteiger partial charge in [0.25, 0.3) is 0 Å². The normalized spacial score (nSPS) is 12.4. The minimum Gasteiger partial charge on any atom is -0.507 e. The van der Waals surface area contributed by atoms with Crippen molar-refractivity contribution in [3.8, 4) is 11.5 Å². The Morgan fingerprint density at radius 1 is 1.18 bits per heavy atom. The van der Waals surface area contributed by atoms with Gasteiger partial charge in [-0.15, -0.1) is 11.8 Å². The molecule has 180 valence electrons. The smallest absolute Gasteiger partial charge is 0.303 e. The van der Waals surface area contributed by atoms with Crippen LogP contribution in [0.4, 0.5) is 0 Å². The fourth-order valence-electron chi connectivity index (χ4n) is 3.67. The molecule has 0 spiro atoms. The number of phenolic OH excluding ortho intramolecular Hbond substituents is 1. The predicted octanol–water partition coefficient (Wildman–Crippen LogP) is 5.64. The van der Waals surface area contributed by atoms with Gasteiger partial charge in [-0.05, 0) is 49.6 Å². The Kier molecular flexibility index (Phi) is 9.80. The van der Waals surface area contributed by atoms with E-state index in [1.54, 1.807) is 37.7 Å². The highest BCUT2D eigenvalue weighted by atomic mass is 32.2. The highest BCUT2D eigenvalue weighted by molar-refractivity contribution is 7.99. The second kappa shape index (κ2) is 12.1. The molecule has 1 atom stereocenters. The fourth-order valence-corrected chi connectivity index (χ4v) is 4.56. The van der Waals surface area contributed by atoms with Crippen molar-refractivity contribution in [2.45, 2.75) is 64.4 Å². The molecule has 2 aromatic carbocycles. The van der Waals surface area contributed by atoms with Gasteiger partial charge in [0, 0.05) is 21.6 Å². The Balaban J connectivity index is 1.93. The number of aliphatic hydroxyl groups is 1. The summed E-state index contributed by atoms with van der Waals surface area (Å²) in [6.45, 7) is 7.40. The van der Waals surface area contributed by atoms with Crippen molar-refractivity contribution in [3.63, 3.8) is 0 Å². The first-order valence-electron chi connectivity index (χ1n) is 11.2. The number of Topliss-reactive ketones (excluding diaryl/α,β-unsaturated/α-hetero) is 1. The van der Waals surface area contributed by atoms with E-state index < -0.39 is 17.5 Å². The van der Waals surface area contributed by atoms with E-state index in [1.165, 1.54) is 6.92 Å². The summed E-state index contributed by atoms with van der Waals surface area (Å²) in [7, 11) is 0. The number of hydrogen-bond acceptors (Lipinski definition) is 6. The minimum atomic E-state index is -0.934. The molecule has 0 aliphatic carbocycles. The zero-order valence-corrected chi connectivity index (χ0v) is 20.6. The van der Waals surface area contributed by atoms with Gasteiger partial charge in [-0.2, -0.15) is 0 Å². The van der Waals surface area contributed by atoms with Crippen molar-refractivity contribution in [1.82, 2.24) is 0 Å². The molecule has 2 aromatic rings. The van der Waals surface area contributed by atoms with Gasteiger partial charge >= 0.3 is 5.97 Å². The lowest BCUT2D eigenvalue weighted by molar-refractivity contribution is -0.141. The number of ether oxygens (including phenoxy) is 1. The fraction of sp³-hybridized carbons (Fsp3) is 0.462. The third kappa shape index (κ3) is 7.51. The monoisotopic (exact) mass is 474 g/mol. The molecule has 0 bridgehead atoms. The number of hydrogen-bond donors (Lipinski definition) is 3. The molecule has 6 nitrogen and oxygen atoms in total. The Bertz CT molecular complexity index is 969. The Morgan fingerprint density at radius 2 is 1.91 bits per heavy atom. The van der Waals surface area contributed by atoms with Gasteiger partial charge in [-0.25, -0.2) is 0 Å². The van der Waals surface area contributed by atoms with Crippen LogP contribution in [0.25, 0.3) is 0 Å². The van der Waals surface area contributed by atoms with Gasteiger partial charge in [0.05, 0.1) is 24.7 Å². The van der Waals surface area contributed by atoms with E-state index in [0.717, 1.165) is 23.5 Å². The number of carbonyl (C=O) groups excluding carboxylic acids is 1. The van der Waals surface area contributed by atoms with Crippen molar-refractivity contribution >= 4 is 23.5 Å². The number of carboxylic acids is 1. The topological polar surface area (TPSA) is 104 Å². The van der Waals surface area contributed by atoms with Crippen molar-refractivity contribution in [3.05, 3.63) is 53.1 Å². The first-order valence-corrected chi connectivity index (χ1v) is 12.2. The van der Waals surface area contributed by atoms with Gasteiger partial charge < -0.3 is 20.1 Å². The number of carboxylic acid groups (broad SMARTS) is 1. The number of thioether (sulfide) groups is 1. The molecule has 0 heterocycles. The number of ketones is 1. The van der Waals surface area contributed by atoms with Crippen LogP contribution < -0.4 is 4.74 Å². The zero-order chi connectivity index (χ0) is 24.6. The lowest BCUT2D eigenvalue weighted by Gasteiger charge is -2.29. The van der Waals surface area contributed by atoms with Crippen LogP contribution >= 0.6 is 11.8 Å². The SMILES string of the molecule is CCCc1c(OCCCSc2cccc(C(O)C(C)(C)CC(=O)O)c2)ccc(C(C)=O)c1O. The van der Waals surface area contributed by atoms with E-state index >= 15 is 0 Å². The molecule has 2 rings (SSSR count). The second-order valence-corrected chi connectivity index (χ2v) is 10.00. The predicted molar refractivity (Wildman–Crippen MR) is 130 cm³/mol. The summed E-state index contributed by atoms with van der Waals surface area (Å²) in [6.07, 6.45) is 1.23. The average Bonchev–Trinajstić information content (AvgIpc) is 2.74. The van der Waals surface area contributed by atoms with Crippen LogP contribution in [0.2, 0.25) is 0 Å². The molecule has 0 aromatic heterocycles. The molecule has 0 amide bonds. The van der Waals surface area contributed by atoms with Crippen LogP contribution in [0.5, 0.6) is 11.5 Å². The summed E-state index contributed by atoms with van der Waals surface area (Å²) < 4.78 is 5.91. The molecule has 0 aliphatic heterocycles. The van der Waals surface area contributed by atoms with Gasteiger partial charge in [-0.1, -0.05) is 39.3 Å². The Labute approximate surface area is 200 Å². The summed E-state index contributed by atoms with van der Waals surface area (Å²) in [5.74, 6) is 0.300. The Morgan fingerprint density at radius 3 is 2.55 bits per heavy atom. The average molecular weight is 475 g/mol. The Hall–Kier alpha value is -2.51. The lowest BCUT2D eigenvalue weighted by atomic mass is 9.80. The van der Waals surface area contributed by atoms with E-state index in [-0.39, 0.29) is 18.0 Å². The highest BCUT2D eigenvalue weighted by Gasteiger charge is 2.31. The lowest BCUT2D eigenvalue weighted by Crippen LogP contribution is -2.25. The minimum absolute atomic E-state index is 0.0115. The highest BCUT2D eigenvalue weighted by Crippen LogP contribution is 2.37. The molecule has 0 saturated carbocycles. The summed E-state index contributed by atoms with van der Waals surface area (Å²) >= 11 is 1.63. The van der Waals surface area contributed by atoms with E-state index in [1.807, 2.05) is 31.2 Å². The number of aliphatic hydroxyl groups excluding tert-OH is 1. The van der Waals surface area contributed by atoms with Crippen LogP contribution in [-0.4, -0.2) is 39.4 Å². The molecule has 3 N–H and O–H groups in total. The summed E-state index contributed by atoms with van der Waals surface area (Å²) in [4.78, 5) is 23.8. The molecule has 7 heteroatoms. The summed E-state index contributed by atoms with van der Waals surface area (Å²) in [6, 6.07) is 10.9. The van der Waals surface area contributed by atoms with Crippen LogP contribution in [0.1, 0.15) is 74.5 Å². The second-order valence-electron chi connectivity index (χ2n) is 8.83. The van der Waals surface area contributed by atoms with Crippen LogP contribution in [0.3, 0.4) is 0 Å². The van der Waals surface area contributed by atoms with Crippen molar-refractivity contribution in [2.75, 3.05) is 12.4 Å². The van der Waals surface area contributed by atoms with Gasteiger partial charge in [0.15, 0.2) is 5.78 Å². The van der Waals surface area contributed by atoms with Crippen LogP contribution in [0.15, 0.2) is 41.3 Å². The van der Waals surface area contributed by atoms with E-state index in [0.29, 0.717) is 35.5 Å². The molecule has 0 fully saturated rings. The molecule has 1 unspecified atom stereocenters. The van der Waals surface area contributed by atoms with Crippen LogP contribution in [-0.2, 0) is 11.2 Å². The summed E-state index contributed by atoms with van der Waals surface area (Å²) in [5.41, 5.74) is 0.911. The molecule has 0 aliphatic rings. The first kappa shape index (κ1) is 26.7. The van der Waals surface area contributed by atoms with E-state index in [9.17, 15) is 19.8 Å². The molecular weight excluding hydrogens is 440 g/mol. The molecule has 0 saturated heterocycles. The maximum absolute atomic E-state index is 11.7. The standard InChI is InChI=1S/C26H34O6S/c1-5-8-21-22(12-11-20(17(2)27)24(21)30)32-13-7-14-33-19-10-6-9-18(15-19)25(31)26(3,4)16-23(28)29/h6,9-12,15,25,30-31H,5,7-8,13-14,16H2,1-4H3,(H,28,29). The quantitative estimate of drug-likeness (QED) is 0.196. The third-order valence-electron chi connectivity index (χ3n) is 5.45. The third-order valence-corrected chi connectivity index (χ3v) is 6.53. The summed E-state index contributed by atoms with van der Waals surface area (Å²) in [5, 5.41) is 30.2. The zero-order valence-electron chi connectivity index (χ0n) is 19.8. The number of phenols is 1. The molecule has 0 radical (unpaired) electrons. The number of benzene rings is 2. The van der Waals surface area contributed by atoms with Gasteiger partial charge in [0.2, 0.25) is 0 Å².